The molecule has 140 valence electrons. The second kappa shape index (κ2) is 6.53. The second-order valence-electron chi connectivity index (χ2n) is 7.60. The molecule has 1 aliphatic heterocycles. The van der Waals surface area contributed by atoms with E-state index in [2.05, 4.69) is 20.0 Å². The zero-order valence-corrected chi connectivity index (χ0v) is 15.5. The highest BCUT2D eigenvalue weighted by atomic mass is 16.1. The summed E-state index contributed by atoms with van der Waals surface area (Å²) >= 11 is 0. The molecule has 0 atom stereocenters. The minimum absolute atomic E-state index is 0.0394. The first-order valence-corrected chi connectivity index (χ1v) is 9.66. The molecule has 0 spiro atoms. The van der Waals surface area contributed by atoms with E-state index in [1.165, 1.54) is 12.8 Å². The molecule has 5 rings (SSSR count). The summed E-state index contributed by atoms with van der Waals surface area (Å²) in [6.45, 7) is 4.75. The Hall–Kier alpha value is -2.61. The maximum atomic E-state index is 12.9. The minimum atomic E-state index is 0.0394. The van der Waals surface area contributed by atoms with E-state index >= 15 is 0 Å². The van der Waals surface area contributed by atoms with Crippen molar-refractivity contribution in [2.24, 2.45) is 0 Å². The van der Waals surface area contributed by atoms with Gasteiger partial charge in [0.2, 0.25) is 0 Å². The molecular weight excluding hydrogens is 342 g/mol. The summed E-state index contributed by atoms with van der Waals surface area (Å²) in [5, 5.41) is 5.16. The highest BCUT2D eigenvalue weighted by Crippen LogP contribution is 2.30. The molecule has 8 heteroatoms. The van der Waals surface area contributed by atoms with E-state index in [9.17, 15) is 4.79 Å². The molecule has 0 saturated heterocycles. The molecule has 2 aliphatic rings. The Balaban J connectivity index is 1.47. The van der Waals surface area contributed by atoms with Crippen LogP contribution in [0.5, 0.6) is 0 Å². The van der Waals surface area contributed by atoms with Gasteiger partial charge in [-0.2, -0.15) is 5.10 Å². The molecular formula is C19H23N7O. The van der Waals surface area contributed by atoms with Crippen molar-refractivity contribution in [3.05, 3.63) is 46.2 Å². The van der Waals surface area contributed by atoms with Crippen molar-refractivity contribution in [1.29, 1.82) is 0 Å². The quantitative estimate of drug-likeness (QED) is 0.704. The van der Waals surface area contributed by atoms with Gasteiger partial charge >= 0.3 is 0 Å². The van der Waals surface area contributed by atoms with Gasteiger partial charge in [0.1, 0.15) is 17.0 Å². The Morgan fingerprint density at radius 3 is 2.67 bits per heavy atom. The van der Waals surface area contributed by atoms with Crippen molar-refractivity contribution in [3.8, 4) is 0 Å². The van der Waals surface area contributed by atoms with Gasteiger partial charge in [-0.05, 0) is 19.8 Å². The van der Waals surface area contributed by atoms with Crippen LogP contribution in [0, 0.1) is 6.92 Å². The minimum Gasteiger partial charge on any atom is -0.294 e. The first-order chi connectivity index (χ1) is 13.2. The van der Waals surface area contributed by atoms with Crippen LogP contribution in [0.1, 0.15) is 48.9 Å². The van der Waals surface area contributed by atoms with Gasteiger partial charge in [-0.15, -0.1) is 0 Å². The van der Waals surface area contributed by atoms with Gasteiger partial charge < -0.3 is 0 Å². The molecule has 1 fully saturated rings. The van der Waals surface area contributed by atoms with Gasteiger partial charge in [0.15, 0.2) is 5.65 Å². The van der Waals surface area contributed by atoms with E-state index in [-0.39, 0.29) is 5.56 Å². The van der Waals surface area contributed by atoms with Crippen molar-refractivity contribution in [2.45, 2.75) is 58.3 Å². The third kappa shape index (κ3) is 2.93. The van der Waals surface area contributed by atoms with E-state index in [1.54, 1.807) is 6.20 Å². The smallest absolute Gasteiger partial charge is 0.264 e. The fourth-order valence-corrected chi connectivity index (χ4v) is 4.25. The highest BCUT2D eigenvalue weighted by Gasteiger charge is 2.25. The van der Waals surface area contributed by atoms with E-state index in [0.29, 0.717) is 24.5 Å². The van der Waals surface area contributed by atoms with Gasteiger partial charge in [-0.1, -0.05) is 12.8 Å². The topological polar surface area (TPSA) is 81.7 Å². The molecule has 0 aromatic carbocycles. The third-order valence-corrected chi connectivity index (χ3v) is 5.71. The van der Waals surface area contributed by atoms with E-state index in [0.717, 1.165) is 48.8 Å². The third-order valence-electron chi connectivity index (χ3n) is 5.71. The van der Waals surface area contributed by atoms with Crippen LogP contribution in [-0.4, -0.2) is 40.7 Å². The SMILES string of the molecule is Cc1ncc(CN2CCn3c(nc4c(cnn4C4CCCC4)c3=O)C2)cn1. The van der Waals surface area contributed by atoms with Crippen molar-refractivity contribution < 1.29 is 0 Å². The maximum Gasteiger partial charge on any atom is 0.264 e. The van der Waals surface area contributed by atoms with Crippen LogP contribution in [0.25, 0.3) is 11.0 Å². The zero-order valence-electron chi connectivity index (χ0n) is 15.5. The fraction of sp³-hybridized carbons (Fsp3) is 0.526. The summed E-state index contributed by atoms with van der Waals surface area (Å²) in [5.41, 5.74) is 1.87. The molecule has 0 N–H and O–H groups in total. The normalized spacial score (nSPS) is 18.3. The molecule has 1 saturated carbocycles. The molecule has 1 aliphatic carbocycles. The monoisotopic (exact) mass is 365 g/mol. The van der Waals surface area contributed by atoms with Gasteiger partial charge in [-0.25, -0.2) is 19.6 Å². The average Bonchev–Trinajstić information content (AvgIpc) is 3.33. The Kier molecular flexibility index (Phi) is 4.00. The van der Waals surface area contributed by atoms with E-state index in [1.807, 2.05) is 28.6 Å². The molecule has 3 aromatic rings. The zero-order chi connectivity index (χ0) is 18.4. The molecule has 8 nitrogen and oxygen atoms in total. The summed E-state index contributed by atoms with van der Waals surface area (Å²) in [5.74, 6) is 1.60. The van der Waals surface area contributed by atoms with Crippen molar-refractivity contribution >= 4 is 11.0 Å². The molecule has 0 radical (unpaired) electrons. The molecule has 0 amide bonds. The second-order valence-corrected chi connectivity index (χ2v) is 7.60. The van der Waals surface area contributed by atoms with Crippen LogP contribution in [0.15, 0.2) is 23.4 Å². The Morgan fingerprint density at radius 2 is 1.89 bits per heavy atom. The summed E-state index contributed by atoms with van der Waals surface area (Å²) in [7, 11) is 0. The molecule has 0 unspecified atom stereocenters. The van der Waals surface area contributed by atoms with Crippen LogP contribution in [0.4, 0.5) is 0 Å². The molecule has 4 heterocycles. The summed E-state index contributed by atoms with van der Waals surface area (Å²) in [6, 6.07) is 0.377. The highest BCUT2D eigenvalue weighted by molar-refractivity contribution is 5.73. The predicted octanol–water partition coefficient (Wildman–Crippen LogP) is 1.82. The fourth-order valence-electron chi connectivity index (χ4n) is 4.25. The largest absolute Gasteiger partial charge is 0.294 e. The number of aryl methyl sites for hydroxylation is 1. The lowest BCUT2D eigenvalue weighted by molar-refractivity contribution is 0.204. The van der Waals surface area contributed by atoms with Crippen molar-refractivity contribution in [3.63, 3.8) is 0 Å². The van der Waals surface area contributed by atoms with Crippen molar-refractivity contribution in [2.75, 3.05) is 6.54 Å². The Morgan fingerprint density at radius 1 is 1.11 bits per heavy atom. The van der Waals surface area contributed by atoms with Crippen LogP contribution in [0.2, 0.25) is 0 Å². The predicted molar refractivity (Wildman–Crippen MR) is 100 cm³/mol. The van der Waals surface area contributed by atoms with Crippen LogP contribution >= 0.6 is 0 Å². The lowest BCUT2D eigenvalue weighted by atomic mass is 10.2. The Labute approximate surface area is 156 Å². The maximum absolute atomic E-state index is 12.9. The number of aromatic nitrogens is 6. The van der Waals surface area contributed by atoms with Gasteiger partial charge in [0, 0.05) is 37.6 Å². The van der Waals surface area contributed by atoms with Crippen molar-refractivity contribution in [1.82, 2.24) is 34.2 Å². The first-order valence-electron chi connectivity index (χ1n) is 9.66. The van der Waals surface area contributed by atoms with E-state index in [4.69, 9.17) is 4.98 Å². The summed E-state index contributed by atoms with van der Waals surface area (Å²) in [4.78, 5) is 28.6. The molecule has 27 heavy (non-hydrogen) atoms. The van der Waals surface area contributed by atoms with E-state index < -0.39 is 0 Å². The van der Waals surface area contributed by atoms with Gasteiger partial charge in [-0.3, -0.25) is 14.3 Å². The van der Waals surface area contributed by atoms with Crippen LogP contribution in [-0.2, 0) is 19.6 Å². The Bertz CT molecular complexity index is 1030. The lowest BCUT2D eigenvalue weighted by Crippen LogP contribution is -2.39. The molecule has 3 aromatic heterocycles. The summed E-state index contributed by atoms with van der Waals surface area (Å²) in [6.07, 6.45) is 10.1. The van der Waals surface area contributed by atoms with Crippen LogP contribution in [0.3, 0.4) is 0 Å². The van der Waals surface area contributed by atoms with Gasteiger partial charge in [0.05, 0.1) is 18.8 Å². The number of nitrogens with zero attached hydrogens (tertiary/aromatic N) is 7. The standard InChI is InChI=1S/C19H23N7O/c1-13-20-8-14(9-21-13)11-24-6-7-25-17(12-24)23-18-16(19(25)27)10-22-26(18)15-4-2-3-5-15/h8-10,15H,2-7,11-12H2,1H3. The van der Waals surface area contributed by atoms with Gasteiger partial charge in [0.25, 0.3) is 5.56 Å². The summed E-state index contributed by atoms with van der Waals surface area (Å²) < 4.78 is 3.79. The first kappa shape index (κ1) is 16.6. The molecule has 0 bridgehead atoms. The number of hydrogen-bond donors (Lipinski definition) is 0. The number of fused-ring (bicyclic) bond motifs is 2. The number of hydrogen-bond acceptors (Lipinski definition) is 6. The lowest BCUT2D eigenvalue weighted by Gasteiger charge is -2.28. The average molecular weight is 365 g/mol. The van der Waals surface area contributed by atoms with Crippen LogP contribution < -0.4 is 5.56 Å². The number of rotatable bonds is 3.